The highest BCUT2D eigenvalue weighted by Gasteiger charge is 2.34. The van der Waals surface area contributed by atoms with Crippen molar-refractivity contribution >= 4 is 29.8 Å². The topological polar surface area (TPSA) is 60.9 Å². The van der Waals surface area contributed by atoms with E-state index in [2.05, 4.69) is 24.3 Å². The van der Waals surface area contributed by atoms with Crippen molar-refractivity contribution in [2.75, 3.05) is 18.0 Å². The van der Waals surface area contributed by atoms with Crippen molar-refractivity contribution in [1.82, 2.24) is 5.06 Å². The number of carbonyl (C=O) groups is 2. The van der Waals surface area contributed by atoms with E-state index in [1.54, 1.807) is 4.90 Å². The van der Waals surface area contributed by atoms with Crippen LogP contribution in [0.1, 0.15) is 23.5 Å². The number of thioether (sulfide) groups is 1. The third-order valence-corrected chi connectivity index (χ3v) is 6.72. The first-order chi connectivity index (χ1) is 15.2. The SMILES string of the molecule is O=CN(O)CC1Sc2ccccc2N(CCC(c2ccccc2)c2ccccc2)C1=O. The van der Waals surface area contributed by atoms with Gasteiger partial charge in [-0.1, -0.05) is 72.8 Å². The molecule has 0 saturated heterocycles. The molecule has 6 heteroatoms. The summed E-state index contributed by atoms with van der Waals surface area (Å²) in [4.78, 5) is 26.9. The van der Waals surface area contributed by atoms with E-state index in [0.717, 1.165) is 17.0 Å². The number of nitrogens with zero attached hydrogens (tertiary/aromatic N) is 2. The molecular formula is C25H24N2O3S. The van der Waals surface area contributed by atoms with Gasteiger partial charge in [0.15, 0.2) is 0 Å². The Labute approximate surface area is 186 Å². The van der Waals surface area contributed by atoms with Crippen LogP contribution in [0.4, 0.5) is 5.69 Å². The standard InChI is InChI=1S/C25H24N2O3S/c28-18-26(30)17-24-25(29)27(22-13-7-8-14-23(22)31-24)16-15-21(19-9-3-1-4-10-19)20-11-5-2-6-12-20/h1-14,18,21,24,30H,15-17H2. The maximum absolute atomic E-state index is 13.3. The minimum absolute atomic E-state index is 0.0430. The Morgan fingerprint density at radius 1 is 0.935 bits per heavy atom. The molecule has 31 heavy (non-hydrogen) atoms. The predicted molar refractivity (Wildman–Crippen MR) is 122 cm³/mol. The third-order valence-electron chi connectivity index (χ3n) is 5.49. The van der Waals surface area contributed by atoms with Gasteiger partial charge < -0.3 is 4.90 Å². The summed E-state index contributed by atoms with van der Waals surface area (Å²) < 4.78 is 0. The molecule has 0 saturated carbocycles. The number of anilines is 1. The van der Waals surface area contributed by atoms with Crippen LogP contribution in [0.25, 0.3) is 0 Å². The summed E-state index contributed by atoms with van der Waals surface area (Å²) in [5.74, 6) is 0.0594. The Hall–Kier alpha value is -3.09. The number of benzene rings is 3. The molecule has 0 bridgehead atoms. The van der Waals surface area contributed by atoms with Crippen LogP contribution in [0.15, 0.2) is 89.8 Å². The van der Waals surface area contributed by atoms with E-state index >= 15 is 0 Å². The molecule has 0 fully saturated rings. The summed E-state index contributed by atoms with van der Waals surface area (Å²) in [7, 11) is 0. The number of hydrogen-bond acceptors (Lipinski definition) is 4. The molecule has 1 unspecified atom stereocenters. The molecule has 1 aliphatic heterocycles. The van der Waals surface area contributed by atoms with Crippen LogP contribution in [0.2, 0.25) is 0 Å². The Kier molecular flexibility index (Phi) is 6.70. The van der Waals surface area contributed by atoms with Gasteiger partial charge in [0.2, 0.25) is 12.3 Å². The summed E-state index contributed by atoms with van der Waals surface area (Å²) >= 11 is 1.39. The lowest BCUT2D eigenvalue weighted by Gasteiger charge is -2.35. The Balaban J connectivity index is 1.61. The molecule has 3 aromatic carbocycles. The van der Waals surface area contributed by atoms with Crippen molar-refractivity contribution in [1.29, 1.82) is 0 Å². The van der Waals surface area contributed by atoms with Crippen molar-refractivity contribution in [2.24, 2.45) is 0 Å². The third kappa shape index (κ3) is 4.81. The maximum Gasteiger partial charge on any atom is 0.242 e. The minimum atomic E-state index is -0.544. The quantitative estimate of drug-likeness (QED) is 0.322. The highest BCUT2D eigenvalue weighted by molar-refractivity contribution is 8.01. The predicted octanol–water partition coefficient (Wildman–Crippen LogP) is 4.56. The number of fused-ring (bicyclic) bond motifs is 1. The van der Waals surface area contributed by atoms with Gasteiger partial charge in [-0.2, -0.15) is 0 Å². The first kappa shape index (κ1) is 21.2. The number of hydroxylamine groups is 2. The van der Waals surface area contributed by atoms with Crippen LogP contribution in [0, 0.1) is 0 Å². The highest BCUT2D eigenvalue weighted by Crippen LogP contribution is 2.40. The minimum Gasteiger partial charge on any atom is -0.310 e. The first-order valence-corrected chi connectivity index (χ1v) is 11.1. The average Bonchev–Trinajstić information content (AvgIpc) is 2.82. The van der Waals surface area contributed by atoms with Gasteiger partial charge in [0.05, 0.1) is 12.2 Å². The molecule has 2 amide bonds. The lowest BCUT2D eigenvalue weighted by atomic mass is 9.88. The molecule has 3 aromatic rings. The van der Waals surface area contributed by atoms with Gasteiger partial charge >= 0.3 is 0 Å². The molecule has 1 atom stereocenters. The largest absolute Gasteiger partial charge is 0.310 e. The van der Waals surface area contributed by atoms with Gasteiger partial charge in [-0.05, 0) is 29.7 Å². The van der Waals surface area contributed by atoms with E-state index < -0.39 is 5.25 Å². The van der Waals surface area contributed by atoms with Crippen LogP contribution in [0.5, 0.6) is 0 Å². The molecule has 0 aliphatic carbocycles. The summed E-state index contributed by atoms with van der Waals surface area (Å²) in [5.41, 5.74) is 3.30. The van der Waals surface area contributed by atoms with Crippen molar-refractivity contribution in [3.63, 3.8) is 0 Å². The summed E-state index contributed by atoms with van der Waals surface area (Å²) in [6, 6.07) is 28.4. The van der Waals surface area contributed by atoms with Crippen molar-refractivity contribution in [3.05, 3.63) is 96.1 Å². The van der Waals surface area contributed by atoms with Gasteiger partial charge in [-0.3, -0.25) is 14.8 Å². The van der Waals surface area contributed by atoms with E-state index in [9.17, 15) is 14.8 Å². The zero-order valence-electron chi connectivity index (χ0n) is 17.0. The van der Waals surface area contributed by atoms with Crippen LogP contribution in [0.3, 0.4) is 0 Å². The van der Waals surface area contributed by atoms with Gasteiger partial charge in [0.1, 0.15) is 5.25 Å². The molecule has 1 heterocycles. The Morgan fingerprint density at radius 3 is 2.13 bits per heavy atom. The van der Waals surface area contributed by atoms with Gasteiger partial charge in [0, 0.05) is 17.4 Å². The maximum atomic E-state index is 13.3. The first-order valence-electron chi connectivity index (χ1n) is 10.2. The molecule has 1 N–H and O–H groups in total. The second-order valence-electron chi connectivity index (χ2n) is 7.45. The fourth-order valence-electron chi connectivity index (χ4n) is 3.99. The van der Waals surface area contributed by atoms with E-state index in [1.165, 1.54) is 22.9 Å². The number of amides is 2. The fourth-order valence-corrected chi connectivity index (χ4v) is 5.21. The van der Waals surface area contributed by atoms with Crippen molar-refractivity contribution < 1.29 is 14.8 Å². The van der Waals surface area contributed by atoms with Gasteiger partial charge in [0.25, 0.3) is 0 Å². The van der Waals surface area contributed by atoms with Gasteiger partial charge in [-0.15, -0.1) is 11.8 Å². The van der Waals surface area contributed by atoms with Crippen molar-refractivity contribution in [3.8, 4) is 0 Å². The molecular weight excluding hydrogens is 408 g/mol. The van der Waals surface area contributed by atoms with E-state index in [-0.39, 0.29) is 18.4 Å². The van der Waals surface area contributed by atoms with Crippen LogP contribution in [-0.4, -0.2) is 40.9 Å². The van der Waals surface area contributed by atoms with Crippen LogP contribution < -0.4 is 4.90 Å². The highest BCUT2D eigenvalue weighted by atomic mass is 32.2. The fraction of sp³-hybridized carbons (Fsp3) is 0.200. The second kappa shape index (κ2) is 9.81. The molecule has 0 spiro atoms. The molecule has 5 nitrogen and oxygen atoms in total. The molecule has 0 radical (unpaired) electrons. The van der Waals surface area contributed by atoms with E-state index in [0.29, 0.717) is 18.0 Å². The Morgan fingerprint density at radius 2 is 1.52 bits per heavy atom. The lowest BCUT2D eigenvalue weighted by molar-refractivity contribution is -0.150. The Bertz CT molecular complexity index is 990. The summed E-state index contributed by atoms with van der Waals surface area (Å²) in [6.45, 7) is 0.493. The van der Waals surface area contributed by atoms with Crippen LogP contribution >= 0.6 is 11.8 Å². The molecule has 4 rings (SSSR count). The number of para-hydroxylation sites is 1. The smallest absolute Gasteiger partial charge is 0.242 e. The second-order valence-corrected chi connectivity index (χ2v) is 8.70. The van der Waals surface area contributed by atoms with Gasteiger partial charge in [-0.25, -0.2) is 5.06 Å². The number of rotatable bonds is 8. The summed E-state index contributed by atoms with van der Waals surface area (Å²) in [5, 5.41) is 9.65. The number of hydrogen-bond donors (Lipinski definition) is 1. The lowest BCUT2D eigenvalue weighted by Crippen LogP contribution is -2.46. The molecule has 158 valence electrons. The average molecular weight is 433 g/mol. The zero-order valence-corrected chi connectivity index (χ0v) is 17.8. The summed E-state index contributed by atoms with van der Waals surface area (Å²) in [6.07, 6.45) is 1.08. The number of carbonyl (C=O) groups excluding carboxylic acids is 2. The van der Waals surface area contributed by atoms with E-state index in [1.807, 2.05) is 60.7 Å². The zero-order chi connectivity index (χ0) is 21.6. The monoisotopic (exact) mass is 432 g/mol. The molecule has 1 aliphatic rings. The van der Waals surface area contributed by atoms with Crippen LogP contribution in [-0.2, 0) is 9.59 Å². The van der Waals surface area contributed by atoms with Crippen molar-refractivity contribution in [2.45, 2.75) is 22.5 Å². The normalized spacial score (nSPS) is 15.6. The van der Waals surface area contributed by atoms with E-state index in [4.69, 9.17) is 0 Å². The molecule has 0 aromatic heterocycles.